The SMILES string of the molecule is CCC(NCCCC(F)(F)F)c1ccccc1. The van der Waals surface area contributed by atoms with E-state index in [1.54, 1.807) is 0 Å². The molecule has 0 aliphatic rings. The average Bonchev–Trinajstić information content (AvgIpc) is 2.29. The van der Waals surface area contributed by atoms with Crippen LogP contribution in [-0.4, -0.2) is 12.7 Å². The van der Waals surface area contributed by atoms with Crippen LogP contribution in [-0.2, 0) is 0 Å². The van der Waals surface area contributed by atoms with Gasteiger partial charge in [-0.25, -0.2) is 0 Å². The summed E-state index contributed by atoms with van der Waals surface area (Å²) in [6.07, 6.45) is -3.76. The second-order valence-corrected chi connectivity index (χ2v) is 4.04. The molecule has 0 fully saturated rings. The van der Waals surface area contributed by atoms with E-state index >= 15 is 0 Å². The van der Waals surface area contributed by atoms with Crippen LogP contribution < -0.4 is 5.32 Å². The molecule has 0 aliphatic heterocycles. The molecule has 1 unspecified atom stereocenters. The van der Waals surface area contributed by atoms with Crippen LogP contribution in [0.2, 0.25) is 0 Å². The smallest absolute Gasteiger partial charge is 0.310 e. The maximum atomic E-state index is 12.0. The Morgan fingerprint density at radius 3 is 2.35 bits per heavy atom. The molecule has 0 saturated carbocycles. The van der Waals surface area contributed by atoms with E-state index in [2.05, 4.69) is 5.32 Å². The Balaban J connectivity index is 2.34. The maximum absolute atomic E-state index is 12.0. The molecular formula is C13H18F3N. The summed E-state index contributed by atoms with van der Waals surface area (Å²) in [6, 6.07) is 9.94. The van der Waals surface area contributed by atoms with Crippen LogP contribution in [0.15, 0.2) is 30.3 Å². The minimum Gasteiger partial charge on any atom is -0.310 e. The highest BCUT2D eigenvalue weighted by atomic mass is 19.4. The number of rotatable bonds is 6. The van der Waals surface area contributed by atoms with Crippen molar-refractivity contribution in [3.8, 4) is 0 Å². The summed E-state index contributed by atoms with van der Waals surface area (Å²) in [5, 5.41) is 3.16. The molecule has 17 heavy (non-hydrogen) atoms. The van der Waals surface area contributed by atoms with Crippen molar-refractivity contribution in [2.75, 3.05) is 6.54 Å². The zero-order valence-corrected chi connectivity index (χ0v) is 9.93. The second kappa shape index (κ2) is 6.64. The molecule has 96 valence electrons. The number of nitrogens with one attached hydrogen (secondary N) is 1. The van der Waals surface area contributed by atoms with E-state index in [1.165, 1.54) is 0 Å². The number of benzene rings is 1. The summed E-state index contributed by atoms with van der Waals surface area (Å²) in [5.74, 6) is 0. The molecule has 0 bridgehead atoms. The van der Waals surface area contributed by atoms with Crippen molar-refractivity contribution in [1.29, 1.82) is 0 Å². The van der Waals surface area contributed by atoms with Gasteiger partial charge in [-0.2, -0.15) is 13.2 Å². The van der Waals surface area contributed by atoms with Gasteiger partial charge in [0.05, 0.1) is 0 Å². The van der Waals surface area contributed by atoms with Crippen molar-refractivity contribution < 1.29 is 13.2 Å². The minimum absolute atomic E-state index is 0.132. The second-order valence-electron chi connectivity index (χ2n) is 4.04. The highest BCUT2D eigenvalue weighted by Crippen LogP contribution is 2.21. The van der Waals surface area contributed by atoms with Crippen molar-refractivity contribution in [2.45, 2.75) is 38.4 Å². The number of halogens is 3. The molecule has 1 aromatic rings. The Morgan fingerprint density at radius 1 is 1.18 bits per heavy atom. The van der Waals surface area contributed by atoms with E-state index in [0.29, 0.717) is 6.54 Å². The first kappa shape index (κ1) is 14.0. The molecule has 1 aromatic carbocycles. The van der Waals surface area contributed by atoms with Gasteiger partial charge in [-0.05, 0) is 24.9 Å². The van der Waals surface area contributed by atoms with Gasteiger partial charge < -0.3 is 5.32 Å². The summed E-state index contributed by atoms with van der Waals surface area (Å²) >= 11 is 0. The van der Waals surface area contributed by atoms with Gasteiger partial charge in [-0.1, -0.05) is 37.3 Å². The van der Waals surface area contributed by atoms with Crippen LogP contribution in [0.4, 0.5) is 13.2 Å². The van der Waals surface area contributed by atoms with Crippen molar-refractivity contribution >= 4 is 0 Å². The van der Waals surface area contributed by atoms with E-state index in [1.807, 2.05) is 37.3 Å². The first-order valence-corrected chi connectivity index (χ1v) is 5.88. The first-order chi connectivity index (χ1) is 8.03. The predicted octanol–water partition coefficient (Wildman–Crippen LogP) is 4.07. The summed E-state index contributed by atoms with van der Waals surface area (Å²) in [6.45, 7) is 2.42. The molecule has 0 aromatic heterocycles. The normalized spacial score (nSPS) is 13.6. The number of hydrogen-bond donors (Lipinski definition) is 1. The van der Waals surface area contributed by atoms with Crippen LogP contribution in [0, 0.1) is 0 Å². The van der Waals surface area contributed by atoms with Crippen molar-refractivity contribution in [3.63, 3.8) is 0 Å². The van der Waals surface area contributed by atoms with E-state index in [-0.39, 0.29) is 12.5 Å². The van der Waals surface area contributed by atoms with Crippen LogP contribution >= 0.6 is 0 Å². The van der Waals surface area contributed by atoms with E-state index in [9.17, 15) is 13.2 Å². The Labute approximate surface area is 100 Å². The zero-order valence-electron chi connectivity index (χ0n) is 9.93. The molecule has 0 aliphatic carbocycles. The number of hydrogen-bond acceptors (Lipinski definition) is 1. The zero-order chi connectivity index (χ0) is 12.7. The summed E-state index contributed by atoms with van der Waals surface area (Å²) in [4.78, 5) is 0. The van der Waals surface area contributed by atoms with Gasteiger partial charge in [-0.3, -0.25) is 0 Å². The maximum Gasteiger partial charge on any atom is 0.389 e. The fraction of sp³-hybridized carbons (Fsp3) is 0.538. The van der Waals surface area contributed by atoms with Gasteiger partial charge >= 0.3 is 6.18 Å². The predicted molar refractivity (Wildman–Crippen MR) is 62.8 cm³/mol. The molecule has 0 amide bonds. The monoisotopic (exact) mass is 245 g/mol. The standard InChI is InChI=1S/C13H18F3N/c1-2-12(11-7-4-3-5-8-11)17-10-6-9-13(14,15)16/h3-5,7-8,12,17H,2,6,9-10H2,1H3. The lowest BCUT2D eigenvalue weighted by atomic mass is 10.0. The highest BCUT2D eigenvalue weighted by Gasteiger charge is 2.25. The lowest BCUT2D eigenvalue weighted by molar-refractivity contribution is -0.135. The van der Waals surface area contributed by atoms with Gasteiger partial charge in [0.1, 0.15) is 0 Å². The van der Waals surface area contributed by atoms with Crippen molar-refractivity contribution in [2.24, 2.45) is 0 Å². The van der Waals surface area contributed by atoms with Crippen LogP contribution in [0.25, 0.3) is 0 Å². The van der Waals surface area contributed by atoms with Crippen molar-refractivity contribution in [3.05, 3.63) is 35.9 Å². The molecule has 1 nitrogen and oxygen atoms in total. The Bertz CT molecular complexity index is 308. The van der Waals surface area contributed by atoms with E-state index in [0.717, 1.165) is 12.0 Å². The molecule has 0 heterocycles. The Morgan fingerprint density at radius 2 is 1.82 bits per heavy atom. The topological polar surface area (TPSA) is 12.0 Å². The van der Waals surface area contributed by atoms with Crippen LogP contribution in [0.1, 0.15) is 37.8 Å². The van der Waals surface area contributed by atoms with Gasteiger partial charge in [0.2, 0.25) is 0 Å². The third-order valence-corrected chi connectivity index (χ3v) is 2.64. The lowest BCUT2D eigenvalue weighted by Crippen LogP contribution is -2.23. The van der Waals surface area contributed by atoms with Crippen LogP contribution in [0.3, 0.4) is 0 Å². The van der Waals surface area contributed by atoms with E-state index < -0.39 is 12.6 Å². The Hall–Kier alpha value is -1.03. The summed E-state index contributed by atoms with van der Waals surface area (Å²) < 4.78 is 35.9. The highest BCUT2D eigenvalue weighted by molar-refractivity contribution is 5.18. The van der Waals surface area contributed by atoms with Crippen molar-refractivity contribution in [1.82, 2.24) is 5.32 Å². The molecule has 1 N–H and O–H groups in total. The molecule has 0 saturated heterocycles. The third kappa shape index (κ3) is 5.73. The fourth-order valence-electron chi connectivity index (χ4n) is 1.75. The average molecular weight is 245 g/mol. The summed E-state index contributed by atoms with van der Waals surface area (Å²) in [7, 11) is 0. The molecule has 0 spiro atoms. The third-order valence-electron chi connectivity index (χ3n) is 2.64. The Kier molecular flexibility index (Phi) is 5.48. The van der Waals surface area contributed by atoms with E-state index in [4.69, 9.17) is 0 Å². The van der Waals surface area contributed by atoms with Gasteiger partial charge in [0.25, 0.3) is 0 Å². The molecule has 4 heteroatoms. The summed E-state index contributed by atoms with van der Waals surface area (Å²) in [5.41, 5.74) is 1.13. The molecular weight excluding hydrogens is 227 g/mol. The van der Waals surface area contributed by atoms with Gasteiger partial charge in [-0.15, -0.1) is 0 Å². The van der Waals surface area contributed by atoms with Gasteiger partial charge in [0, 0.05) is 12.5 Å². The minimum atomic E-state index is -4.05. The first-order valence-electron chi connectivity index (χ1n) is 5.88. The largest absolute Gasteiger partial charge is 0.389 e. The number of alkyl halides is 3. The quantitative estimate of drug-likeness (QED) is 0.745. The molecule has 1 rings (SSSR count). The van der Waals surface area contributed by atoms with Gasteiger partial charge in [0.15, 0.2) is 0 Å². The lowest BCUT2D eigenvalue weighted by Gasteiger charge is -2.17. The molecule has 1 atom stereocenters. The van der Waals surface area contributed by atoms with Crippen LogP contribution in [0.5, 0.6) is 0 Å². The molecule has 0 radical (unpaired) electrons. The fourth-order valence-corrected chi connectivity index (χ4v) is 1.75.